The topological polar surface area (TPSA) is 84.2 Å². The lowest BCUT2D eigenvalue weighted by atomic mass is 9.84. The van der Waals surface area contributed by atoms with Crippen LogP contribution in [0.25, 0.3) is 0 Å². The van der Waals surface area contributed by atoms with Crippen molar-refractivity contribution >= 4 is 11.8 Å². The van der Waals surface area contributed by atoms with E-state index < -0.39 is 0 Å². The summed E-state index contributed by atoms with van der Waals surface area (Å²) in [7, 11) is 0. The summed E-state index contributed by atoms with van der Waals surface area (Å²) in [5.41, 5.74) is 5.79. The van der Waals surface area contributed by atoms with E-state index in [4.69, 9.17) is 5.73 Å². The zero-order valence-electron chi connectivity index (χ0n) is 16.8. The van der Waals surface area contributed by atoms with Crippen LogP contribution in [0.3, 0.4) is 0 Å². The molecule has 1 unspecified atom stereocenters. The van der Waals surface area contributed by atoms with Crippen LogP contribution < -0.4 is 16.4 Å². The fourth-order valence-electron chi connectivity index (χ4n) is 4.54. The van der Waals surface area contributed by atoms with Gasteiger partial charge in [-0.1, -0.05) is 33.1 Å². The minimum atomic E-state index is 0.0720. The van der Waals surface area contributed by atoms with E-state index in [1.54, 1.807) is 0 Å². The first kappa shape index (κ1) is 21.2. The Labute approximate surface area is 159 Å². The normalized spacial score (nSPS) is 25.7. The van der Waals surface area contributed by atoms with Gasteiger partial charge in [0.1, 0.15) is 0 Å². The highest BCUT2D eigenvalue weighted by molar-refractivity contribution is 5.79. The van der Waals surface area contributed by atoms with E-state index >= 15 is 0 Å². The molecule has 0 radical (unpaired) electrons. The molecule has 1 atom stereocenters. The third kappa shape index (κ3) is 7.26. The highest BCUT2D eigenvalue weighted by Crippen LogP contribution is 2.28. The summed E-state index contributed by atoms with van der Waals surface area (Å²) >= 11 is 0. The molecule has 0 bridgehead atoms. The van der Waals surface area contributed by atoms with E-state index in [0.29, 0.717) is 24.8 Å². The molecule has 0 heterocycles. The Hall–Kier alpha value is -1.10. The molecule has 0 aromatic heterocycles. The van der Waals surface area contributed by atoms with E-state index in [0.717, 1.165) is 32.1 Å². The molecule has 2 fully saturated rings. The zero-order valence-corrected chi connectivity index (χ0v) is 16.8. The van der Waals surface area contributed by atoms with Crippen LogP contribution >= 0.6 is 0 Å². The van der Waals surface area contributed by atoms with Gasteiger partial charge in [-0.25, -0.2) is 0 Å². The first-order valence-electron chi connectivity index (χ1n) is 10.8. The molecular formula is C21H39N3O2. The number of nitrogens with one attached hydrogen (secondary N) is 2. The quantitative estimate of drug-likeness (QED) is 0.618. The van der Waals surface area contributed by atoms with Crippen LogP contribution in [0.4, 0.5) is 0 Å². The van der Waals surface area contributed by atoms with Crippen molar-refractivity contribution in [2.24, 2.45) is 23.5 Å². The van der Waals surface area contributed by atoms with Crippen molar-refractivity contribution in [1.29, 1.82) is 0 Å². The summed E-state index contributed by atoms with van der Waals surface area (Å²) < 4.78 is 0. The Kier molecular flexibility index (Phi) is 8.89. The number of nitrogens with two attached hydrogens (primary N) is 1. The smallest absolute Gasteiger partial charge is 0.223 e. The lowest BCUT2D eigenvalue weighted by Gasteiger charge is -2.30. The Bertz CT molecular complexity index is 439. The highest BCUT2D eigenvalue weighted by Gasteiger charge is 2.28. The van der Waals surface area contributed by atoms with E-state index in [1.807, 2.05) is 0 Å². The van der Waals surface area contributed by atoms with Gasteiger partial charge in [-0.05, 0) is 56.8 Å². The minimum Gasteiger partial charge on any atom is -0.353 e. The van der Waals surface area contributed by atoms with Crippen molar-refractivity contribution in [3.63, 3.8) is 0 Å². The number of carbonyl (C=O) groups excluding carboxylic acids is 2. The average molecular weight is 366 g/mol. The number of amides is 2. The fourth-order valence-corrected chi connectivity index (χ4v) is 4.54. The maximum atomic E-state index is 12.5. The monoisotopic (exact) mass is 365 g/mol. The Morgan fingerprint density at radius 2 is 1.65 bits per heavy atom. The van der Waals surface area contributed by atoms with Crippen molar-refractivity contribution in [2.75, 3.05) is 6.54 Å². The van der Waals surface area contributed by atoms with Gasteiger partial charge in [0.15, 0.2) is 0 Å². The number of hydrogen-bond acceptors (Lipinski definition) is 3. The number of rotatable bonds is 8. The summed E-state index contributed by atoms with van der Waals surface area (Å²) in [5, 5.41) is 6.34. The third-order valence-corrected chi connectivity index (χ3v) is 6.05. The molecule has 2 aliphatic rings. The van der Waals surface area contributed by atoms with Crippen molar-refractivity contribution in [3.8, 4) is 0 Å². The summed E-state index contributed by atoms with van der Waals surface area (Å²) in [6.45, 7) is 4.79. The summed E-state index contributed by atoms with van der Waals surface area (Å²) in [6.07, 6.45) is 11.4. The largest absolute Gasteiger partial charge is 0.353 e. The molecule has 0 spiro atoms. The highest BCUT2D eigenvalue weighted by atomic mass is 16.2. The van der Waals surface area contributed by atoms with E-state index in [1.165, 1.54) is 32.1 Å². The van der Waals surface area contributed by atoms with Gasteiger partial charge in [-0.3, -0.25) is 9.59 Å². The van der Waals surface area contributed by atoms with Gasteiger partial charge >= 0.3 is 0 Å². The van der Waals surface area contributed by atoms with Gasteiger partial charge in [-0.15, -0.1) is 0 Å². The second-order valence-corrected chi connectivity index (χ2v) is 8.89. The predicted molar refractivity (Wildman–Crippen MR) is 106 cm³/mol. The van der Waals surface area contributed by atoms with Crippen LogP contribution in [-0.4, -0.2) is 30.4 Å². The van der Waals surface area contributed by atoms with E-state index in [9.17, 15) is 9.59 Å². The van der Waals surface area contributed by atoms with E-state index in [-0.39, 0.29) is 29.8 Å². The second-order valence-electron chi connectivity index (χ2n) is 8.89. The molecule has 0 saturated heterocycles. The van der Waals surface area contributed by atoms with Crippen molar-refractivity contribution in [1.82, 2.24) is 10.6 Å². The number of carbonyl (C=O) groups is 2. The Morgan fingerprint density at radius 3 is 2.23 bits per heavy atom. The second kappa shape index (κ2) is 10.9. The van der Waals surface area contributed by atoms with Crippen LogP contribution in [0.1, 0.15) is 84.5 Å². The molecular weight excluding hydrogens is 326 g/mol. The molecule has 2 rings (SSSR count). The summed E-state index contributed by atoms with van der Waals surface area (Å²) in [5.74, 6) is 1.54. The number of hydrogen-bond donors (Lipinski definition) is 3. The first-order valence-corrected chi connectivity index (χ1v) is 10.8. The lowest BCUT2D eigenvalue weighted by Crippen LogP contribution is -2.46. The molecule has 0 aliphatic heterocycles. The van der Waals surface area contributed by atoms with Crippen LogP contribution in [0, 0.1) is 17.8 Å². The first-order chi connectivity index (χ1) is 12.5. The van der Waals surface area contributed by atoms with Crippen LogP contribution in [0.2, 0.25) is 0 Å². The van der Waals surface area contributed by atoms with Gasteiger partial charge in [0.25, 0.3) is 0 Å². The third-order valence-electron chi connectivity index (χ3n) is 6.05. The molecule has 2 aliphatic carbocycles. The SMILES string of the molecule is CC(C)CC(CN)NC(=O)C1CCC(NC(=O)CC2CCCCC2)CC1. The van der Waals surface area contributed by atoms with Crippen molar-refractivity contribution in [3.05, 3.63) is 0 Å². The maximum Gasteiger partial charge on any atom is 0.223 e. The predicted octanol–water partition coefficient (Wildman–Crippen LogP) is 3.12. The van der Waals surface area contributed by atoms with E-state index in [2.05, 4.69) is 24.5 Å². The molecule has 26 heavy (non-hydrogen) atoms. The van der Waals surface area contributed by atoms with Gasteiger partial charge < -0.3 is 16.4 Å². The zero-order chi connectivity index (χ0) is 18.9. The van der Waals surface area contributed by atoms with Gasteiger partial charge in [0.05, 0.1) is 0 Å². The van der Waals surface area contributed by atoms with Crippen molar-refractivity contribution < 1.29 is 9.59 Å². The molecule has 2 saturated carbocycles. The molecule has 2 amide bonds. The molecule has 5 nitrogen and oxygen atoms in total. The van der Waals surface area contributed by atoms with Gasteiger partial charge in [-0.2, -0.15) is 0 Å². The van der Waals surface area contributed by atoms with Crippen LogP contribution in [-0.2, 0) is 9.59 Å². The van der Waals surface area contributed by atoms with Crippen molar-refractivity contribution in [2.45, 2.75) is 96.6 Å². The maximum absolute atomic E-state index is 12.5. The minimum absolute atomic E-state index is 0.0720. The van der Waals surface area contributed by atoms with Gasteiger partial charge in [0, 0.05) is 31.0 Å². The Morgan fingerprint density at radius 1 is 1.00 bits per heavy atom. The Balaban J connectivity index is 1.67. The van der Waals surface area contributed by atoms with Gasteiger partial charge in [0.2, 0.25) is 11.8 Å². The summed E-state index contributed by atoms with van der Waals surface area (Å²) in [6, 6.07) is 0.325. The molecule has 0 aromatic rings. The van der Waals surface area contributed by atoms with Crippen LogP contribution in [0.15, 0.2) is 0 Å². The summed E-state index contributed by atoms with van der Waals surface area (Å²) in [4.78, 5) is 24.8. The standard InChI is InChI=1S/C21H39N3O2/c1-15(2)12-19(14-22)24-21(26)17-8-10-18(11-9-17)23-20(25)13-16-6-4-3-5-7-16/h15-19H,3-14,22H2,1-2H3,(H,23,25)(H,24,26). The van der Waals surface area contributed by atoms with Crippen LogP contribution in [0.5, 0.6) is 0 Å². The molecule has 4 N–H and O–H groups in total. The molecule has 0 aromatic carbocycles. The molecule has 5 heteroatoms. The fraction of sp³-hybridized carbons (Fsp3) is 0.905. The lowest BCUT2D eigenvalue weighted by molar-refractivity contribution is -0.127. The molecule has 150 valence electrons. The average Bonchev–Trinajstić information content (AvgIpc) is 2.62.